The van der Waals surface area contributed by atoms with E-state index in [9.17, 15) is 31.2 Å². The molecular formula is C28H30F3N3O6S. The Hall–Kier alpha value is -3.84. The molecule has 1 aromatic heterocycles. The van der Waals surface area contributed by atoms with Crippen molar-refractivity contribution in [2.24, 2.45) is 0 Å². The van der Waals surface area contributed by atoms with Crippen molar-refractivity contribution in [3.05, 3.63) is 82.3 Å². The number of carboxylic acids is 1. The number of hydrogen-bond acceptors (Lipinski definition) is 5. The Balaban J connectivity index is 1.65. The molecule has 2 heterocycles. The van der Waals surface area contributed by atoms with Gasteiger partial charge in [-0.25, -0.2) is 13.2 Å². The second-order valence-corrected chi connectivity index (χ2v) is 11.9. The topological polar surface area (TPSA) is 111 Å². The standard InChI is InChI=1S/C28H30F3N3O6S/c1-18-13-19(2)26(20(3)14-18)41(38,39)33(16-23-9-10-24(40-23)28(29,30)31)15-21-5-7-22(8-6-21)34-12-4-11-32(27(34)37)17-25(35)36/h5-10,13-14H,4,11-12,15-17H2,1-3H3,(H,35,36). The molecule has 1 aliphatic rings. The maximum atomic E-state index is 13.9. The van der Waals surface area contributed by atoms with Crippen LogP contribution in [0.4, 0.5) is 23.7 Å². The summed E-state index contributed by atoms with van der Waals surface area (Å²) in [4.78, 5) is 26.6. The van der Waals surface area contributed by atoms with Gasteiger partial charge in [0.25, 0.3) is 0 Å². The number of hydrogen-bond donors (Lipinski definition) is 1. The van der Waals surface area contributed by atoms with Gasteiger partial charge in [-0.1, -0.05) is 29.8 Å². The van der Waals surface area contributed by atoms with Crippen molar-refractivity contribution in [2.75, 3.05) is 24.5 Å². The Labute approximate surface area is 235 Å². The first kappa shape index (κ1) is 30.1. The predicted octanol–water partition coefficient (Wildman–Crippen LogP) is 5.33. The van der Waals surface area contributed by atoms with Gasteiger partial charge in [0.15, 0.2) is 0 Å². The van der Waals surface area contributed by atoms with E-state index in [0.29, 0.717) is 41.9 Å². The number of furan rings is 1. The number of aryl methyl sites for hydroxylation is 3. The van der Waals surface area contributed by atoms with Crippen LogP contribution in [0.15, 0.2) is 57.8 Å². The van der Waals surface area contributed by atoms with E-state index in [1.165, 1.54) is 9.80 Å². The van der Waals surface area contributed by atoms with Gasteiger partial charge in [-0.05, 0) is 68.1 Å². The average molecular weight is 594 g/mol. The van der Waals surface area contributed by atoms with Crippen molar-refractivity contribution in [3.8, 4) is 0 Å². The van der Waals surface area contributed by atoms with Gasteiger partial charge >= 0.3 is 18.2 Å². The van der Waals surface area contributed by atoms with E-state index in [4.69, 9.17) is 9.52 Å². The van der Waals surface area contributed by atoms with E-state index in [1.54, 1.807) is 50.2 Å². The number of aliphatic carboxylic acids is 1. The van der Waals surface area contributed by atoms with E-state index in [1.807, 2.05) is 6.92 Å². The van der Waals surface area contributed by atoms with Gasteiger partial charge in [0, 0.05) is 25.3 Å². The zero-order chi connectivity index (χ0) is 30.1. The molecule has 2 aromatic carbocycles. The van der Waals surface area contributed by atoms with Crippen LogP contribution in [0.1, 0.15) is 40.2 Å². The number of amides is 2. The van der Waals surface area contributed by atoms with Gasteiger partial charge in [0.05, 0.1) is 11.4 Å². The molecule has 41 heavy (non-hydrogen) atoms. The Morgan fingerprint density at radius 1 is 1.00 bits per heavy atom. The minimum Gasteiger partial charge on any atom is -0.480 e. The van der Waals surface area contributed by atoms with Crippen molar-refractivity contribution in [1.29, 1.82) is 0 Å². The summed E-state index contributed by atoms with van der Waals surface area (Å²) >= 11 is 0. The van der Waals surface area contributed by atoms with E-state index < -0.39 is 47.0 Å². The summed E-state index contributed by atoms with van der Waals surface area (Å²) in [5.41, 5.74) is 2.92. The van der Waals surface area contributed by atoms with Crippen LogP contribution >= 0.6 is 0 Å². The second kappa shape index (κ2) is 11.6. The minimum absolute atomic E-state index is 0.0692. The van der Waals surface area contributed by atoms with Crippen LogP contribution in [-0.2, 0) is 34.1 Å². The first-order valence-electron chi connectivity index (χ1n) is 12.8. The number of nitrogens with zero attached hydrogens (tertiary/aromatic N) is 3. The van der Waals surface area contributed by atoms with Gasteiger partial charge in [0.2, 0.25) is 15.8 Å². The molecule has 1 N–H and O–H groups in total. The Kier molecular flexibility index (Phi) is 8.50. The summed E-state index contributed by atoms with van der Waals surface area (Å²) in [6.07, 6.45) is -4.14. The van der Waals surface area contributed by atoms with Gasteiger partial charge in [-0.2, -0.15) is 17.5 Å². The van der Waals surface area contributed by atoms with Crippen LogP contribution < -0.4 is 4.90 Å². The van der Waals surface area contributed by atoms with Crippen LogP contribution in [0, 0.1) is 20.8 Å². The highest BCUT2D eigenvalue weighted by Crippen LogP contribution is 2.33. The molecule has 9 nitrogen and oxygen atoms in total. The largest absolute Gasteiger partial charge is 0.480 e. The summed E-state index contributed by atoms with van der Waals surface area (Å²) < 4.78 is 73.3. The number of urea groups is 1. The van der Waals surface area contributed by atoms with Gasteiger partial charge in [-0.3, -0.25) is 9.69 Å². The molecule has 1 saturated heterocycles. The number of sulfonamides is 1. The first-order chi connectivity index (χ1) is 19.2. The highest BCUT2D eigenvalue weighted by molar-refractivity contribution is 7.89. The molecule has 220 valence electrons. The SMILES string of the molecule is Cc1cc(C)c(S(=O)(=O)N(Cc2ccc(N3CCCN(CC(=O)O)C3=O)cc2)Cc2ccc(C(F)(F)F)o2)c(C)c1. The zero-order valence-electron chi connectivity index (χ0n) is 22.7. The molecule has 1 fully saturated rings. The maximum Gasteiger partial charge on any atom is 0.449 e. The fourth-order valence-corrected chi connectivity index (χ4v) is 6.84. The third-order valence-corrected chi connectivity index (χ3v) is 8.82. The van der Waals surface area contributed by atoms with Gasteiger partial charge in [0.1, 0.15) is 12.3 Å². The zero-order valence-corrected chi connectivity index (χ0v) is 23.6. The molecule has 13 heteroatoms. The number of carbonyl (C=O) groups is 2. The summed E-state index contributed by atoms with van der Waals surface area (Å²) in [5, 5.41) is 9.07. The van der Waals surface area contributed by atoms with E-state index in [2.05, 4.69) is 0 Å². The van der Waals surface area contributed by atoms with Crippen LogP contribution in [0.5, 0.6) is 0 Å². The number of carboxylic acid groups (broad SMARTS) is 1. The highest BCUT2D eigenvalue weighted by Gasteiger charge is 2.36. The molecule has 0 saturated carbocycles. The number of halogens is 3. The molecule has 3 aromatic rings. The highest BCUT2D eigenvalue weighted by atomic mass is 32.2. The fraction of sp³-hybridized carbons (Fsp3) is 0.357. The smallest absolute Gasteiger partial charge is 0.449 e. The minimum atomic E-state index is -4.71. The number of benzene rings is 2. The van der Waals surface area contributed by atoms with Crippen LogP contribution in [0.3, 0.4) is 0 Å². The quantitative estimate of drug-likeness (QED) is 0.359. The van der Waals surface area contributed by atoms with E-state index in [-0.39, 0.29) is 17.2 Å². The molecule has 0 bridgehead atoms. The third kappa shape index (κ3) is 6.73. The summed E-state index contributed by atoms with van der Waals surface area (Å²) in [5.74, 6) is -2.51. The monoisotopic (exact) mass is 593 g/mol. The Morgan fingerprint density at radius 3 is 2.20 bits per heavy atom. The summed E-state index contributed by atoms with van der Waals surface area (Å²) in [6, 6.07) is 11.4. The molecule has 1 aliphatic heterocycles. The summed E-state index contributed by atoms with van der Waals surface area (Å²) in [6.45, 7) is 4.84. The molecule has 0 atom stereocenters. The maximum absolute atomic E-state index is 13.9. The lowest BCUT2D eigenvalue weighted by Crippen LogP contribution is -2.51. The Morgan fingerprint density at radius 2 is 1.63 bits per heavy atom. The predicted molar refractivity (Wildman–Crippen MR) is 144 cm³/mol. The lowest BCUT2D eigenvalue weighted by molar-refractivity contribution is -0.153. The average Bonchev–Trinajstić information content (AvgIpc) is 3.34. The molecule has 0 unspecified atom stereocenters. The molecule has 2 amide bonds. The van der Waals surface area contributed by atoms with Crippen molar-refractivity contribution in [1.82, 2.24) is 9.21 Å². The van der Waals surface area contributed by atoms with Crippen molar-refractivity contribution in [2.45, 2.75) is 51.4 Å². The summed E-state index contributed by atoms with van der Waals surface area (Å²) in [7, 11) is -4.19. The second-order valence-electron chi connectivity index (χ2n) is 10.0. The van der Waals surface area contributed by atoms with Gasteiger partial charge < -0.3 is 14.4 Å². The Bertz CT molecular complexity index is 1530. The third-order valence-electron chi connectivity index (χ3n) is 6.72. The molecule has 0 spiro atoms. The van der Waals surface area contributed by atoms with Crippen molar-refractivity contribution >= 4 is 27.7 Å². The number of alkyl halides is 3. The van der Waals surface area contributed by atoms with Crippen molar-refractivity contribution < 1.29 is 40.7 Å². The van der Waals surface area contributed by atoms with Gasteiger partial charge in [-0.15, -0.1) is 0 Å². The van der Waals surface area contributed by atoms with Crippen LogP contribution in [-0.4, -0.2) is 54.4 Å². The van der Waals surface area contributed by atoms with Crippen molar-refractivity contribution in [3.63, 3.8) is 0 Å². The first-order valence-corrected chi connectivity index (χ1v) is 14.2. The molecule has 4 rings (SSSR count). The molecule has 0 radical (unpaired) electrons. The lowest BCUT2D eigenvalue weighted by Gasteiger charge is -2.34. The van der Waals surface area contributed by atoms with Crippen LogP contribution in [0.2, 0.25) is 0 Å². The number of anilines is 1. The van der Waals surface area contributed by atoms with E-state index in [0.717, 1.165) is 22.0 Å². The molecular weight excluding hydrogens is 563 g/mol. The molecule has 0 aliphatic carbocycles. The van der Waals surface area contributed by atoms with Crippen LogP contribution in [0.25, 0.3) is 0 Å². The normalized spacial score (nSPS) is 14.7. The number of rotatable bonds is 9. The van der Waals surface area contributed by atoms with E-state index >= 15 is 0 Å². The number of carbonyl (C=O) groups excluding carboxylic acids is 1. The lowest BCUT2D eigenvalue weighted by atomic mass is 10.1. The fourth-order valence-electron chi connectivity index (χ4n) is 5.03.